The average Bonchev–Trinajstić information content (AvgIpc) is 3.09. The minimum atomic E-state index is -0.321. The van der Waals surface area contributed by atoms with Crippen LogP contribution in [-0.2, 0) is 0 Å². The highest BCUT2D eigenvalue weighted by Gasteiger charge is 2.18. The van der Waals surface area contributed by atoms with Gasteiger partial charge in [0.25, 0.3) is 5.91 Å². The normalized spacial score (nSPS) is 10.8. The van der Waals surface area contributed by atoms with Gasteiger partial charge >= 0.3 is 0 Å². The number of hydrogen-bond donors (Lipinski definition) is 1. The summed E-state index contributed by atoms with van der Waals surface area (Å²) in [6, 6.07) is 18.6. The smallest absolute Gasteiger partial charge is 0.259 e. The fraction of sp³-hybridized carbons (Fsp3) is 0.0909. The number of hydrogen-bond acceptors (Lipinski definition) is 4. The Morgan fingerprint density at radius 1 is 0.929 bits per heavy atom. The summed E-state index contributed by atoms with van der Waals surface area (Å²) in [6.45, 7) is 3.29. The summed E-state index contributed by atoms with van der Waals surface area (Å²) in [4.78, 5) is 29.2. The Hall–Kier alpha value is -3.80. The molecular formula is C22H18N4O2. The molecule has 6 nitrogen and oxygen atoms in total. The molecule has 0 spiro atoms. The molecule has 0 fully saturated rings. The predicted octanol–water partition coefficient (Wildman–Crippen LogP) is 4.18. The lowest BCUT2D eigenvalue weighted by Crippen LogP contribution is -2.15. The number of nitrogens with zero attached hydrogens (tertiary/aromatic N) is 3. The Labute approximate surface area is 161 Å². The molecule has 6 heteroatoms. The molecule has 1 amide bonds. The molecule has 2 aromatic carbocycles. The molecule has 0 saturated heterocycles. The Kier molecular flexibility index (Phi) is 4.45. The quantitative estimate of drug-likeness (QED) is 0.547. The molecule has 0 aliphatic carbocycles. The minimum Gasteiger partial charge on any atom is -0.321 e. The van der Waals surface area contributed by atoms with Crippen molar-refractivity contribution >= 4 is 28.3 Å². The van der Waals surface area contributed by atoms with Gasteiger partial charge in [0.1, 0.15) is 0 Å². The van der Waals surface area contributed by atoms with Crippen LogP contribution in [0.5, 0.6) is 0 Å². The number of carbonyl (C=O) groups is 2. The van der Waals surface area contributed by atoms with Gasteiger partial charge in [0.15, 0.2) is 11.6 Å². The van der Waals surface area contributed by atoms with E-state index < -0.39 is 0 Å². The molecule has 0 radical (unpaired) electrons. The average molecular weight is 370 g/mol. The lowest BCUT2D eigenvalue weighted by molar-refractivity contribution is 0.101. The van der Waals surface area contributed by atoms with Gasteiger partial charge in [-0.25, -0.2) is 9.67 Å². The molecule has 28 heavy (non-hydrogen) atoms. The third-order valence-corrected chi connectivity index (χ3v) is 4.61. The third kappa shape index (κ3) is 3.16. The van der Waals surface area contributed by atoms with Crippen LogP contribution in [0.3, 0.4) is 0 Å². The number of amides is 1. The van der Waals surface area contributed by atoms with Crippen LogP contribution in [0.25, 0.3) is 16.7 Å². The summed E-state index contributed by atoms with van der Waals surface area (Å²) in [7, 11) is 0. The SMILES string of the molecule is CC(=O)c1ccccc1NC(=O)c1cnn(-c2ccc3ccccc3n2)c1C. The number of aromatic nitrogens is 3. The van der Waals surface area contributed by atoms with E-state index in [1.807, 2.05) is 43.3 Å². The highest BCUT2D eigenvalue weighted by molar-refractivity contribution is 6.09. The Bertz CT molecular complexity index is 1210. The minimum absolute atomic E-state index is 0.108. The number of ketones is 1. The first kappa shape index (κ1) is 17.6. The molecule has 0 atom stereocenters. The van der Waals surface area contributed by atoms with Crippen LogP contribution in [-0.4, -0.2) is 26.5 Å². The van der Waals surface area contributed by atoms with Gasteiger partial charge in [-0.15, -0.1) is 0 Å². The third-order valence-electron chi connectivity index (χ3n) is 4.61. The molecule has 2 aromatic heterocycles. The summed E-state index contributed by atoms with van der Waals surface area (Å²) in [5.74, 6) is 0.210. The second-order valence-corrected chi connectivity index (χ2v) is 6.47. The van der Waals surface area contributed by atoms with E-state index in [1.54, 1.807) is 28.9 Å². The van der Waals surface area contributed by atoms with Crippen molar-refractivity contribution in [2.24, 2.45) is 0 Å². The fourth-order valence-corrected chi connectivity index (χ4v) is 3.13. The number of para-hydroxylation sites is 2. The summed E-state index contributed by atoms with van der Waals surface area (Å²) in [5, 5.41) is 8.19. The molecule has 1 N–H and O–H groups in total. The van der Waals surface area contributed by atoms with Crippen molar-refractivity contribution < 1.29 is 9.59 Å². The molecule has 0 aliphatic heterocycles. The van der Waals surface area contributed by atoms with Crippen molar-refractivity contribution in [2.45, 2.75) is 13.8 Å². The zero-order chi connectivity index (χ0) is 19.7. The van der Waals surface area contributed by atoms with Crippen molar-refractivity contribution in [1.82, 2.24) is 14.8 Å². The van der Waals surface area contributed by atoms with Crippen LogP contribution in [0.15, 0.2) is 66.9 Å². The Balaban J connectivity index is 1.66. The standard InChI is InChI=1S/C22H18N4O2/c1-14-18(22(28)25-20-10-6-4-8-17(20)15(2)27)13-23-26(14)21-12-11-16-7-3-5-9-19(16)24-21/h3-13H,1-2H3,(H,25,28). The highest BCUT2D eigenvalue weighted by Crippen LogP contribution is 2.20. The van der Waals surface area contributed by atoms with Gasteiger partial charge < -0.3 is 5.32 Å². The van der Waals surface area contributed by atoms with E-state index in [2.05, 4.69) is 15.4 Å². The van der Waals surface area contributed by atoms with Crippen molar-refractivity contribution in [3.63, 3.8) is 0 Å². The molecule has 2 heterocycles. The summed E-state index contributed by atoms with van der Waals surface area (Å²) >= 11 is 0. The van der Waals surface area contributed by atoms with Crippen LogP contribution < -0.4 is 5.32 Å². The molecule has 0 saturated carbocycles. The van der Waals surface area contributed by atoms with Gasteiger partial charge in [-0.1, -0.05) is 30.3 Å². The summed E-state index contributed by atoms with van der Waals surface area (Å²) in [5.41, 5.74) is 2.90. The number of Topliss-reactive ketones (excluding diaryl/α,β-unsaturated/α-hetero) is 1. The molecular weight excluding hydrogens is 352 g/mol. The van der Waals surface area contributed by atoms with Crippen molar-refractivity contribution in [2.75, 3.05) is 5.32 Å². The zero-order valence-electron chi connectivity index (χ0n) is 15.5. The van der Waals surface area contributed by atoms with Crippen molar-refractivity contribution in [3.8, 4) is 5.82 Å². The predicted molar refractivity (Wildman–Crippen MR) is 108 cm³/mol. The number of nitrogens with one attached hydrogen (secondary N) is 1. The van der Waals surface area contributed by atoms with Crippen LogP contribution in [0.2, 0.25) is 0 Å². The number of rotatable bonds is 4. The fourth-order valence-electron chi connectivity index (χ4n) is 3.13. The van der Waals surface area contributed by atoms with Crippen molar-refractivity contribution in [1.29, 1.82) is 0 Å². The van der Waals surface area contributed by atoms with Crippen LogP contribution in [0.4, 0.5) is 5.69 Å². The maximum Gasteiger partial charge on any atom is 0.259 e. The van der Waals surface area contributed by atoms with Gasteiger partial charge in [0.2, 0.25) is 0 Å². The second-order valence-electron chi connectivity index (χ2n) is 6.47. The first-order valence-corrected chi connectivity index (χ1v) is 8.86. The van der Waals surface area contributed by atoms with E-state index in [9.17, 15) is 9.59 Å². The first-order chi connectivity index (χ1) is 13.5. The topological polar surface area (TPSA) is 76.9 Å². The maximum absolute atomic E-state index is 12.8. The van der Waals surface area contributed by atoms with E-state index in [0.717, 1.165) is 10.9 Å². The number of benzene rings is 2. The maximum atomic E-state index is 12.8. The van der Waals surface area contributed by atoms with E-state index in [-0.39, 0.29) is 11.7 Å². The number of fused-ring (bicyclic) bond motifs is 1. The van der Waals surface area contributed by atoms with Crippen LogP contribution in [0.1, 0.15) is 33.3 Å². The lowest BCUT2D eigenvalue weighted by atomic mass is 10.1. The van der Waals surface area contributed by atoms with E-state index >= 15 is 0 Å². The largest absolute Gasteiger partial charge is 0.321 e. The Morgan fingerprint density at radius 3 is 2.50 bits per heavy atom. The summed E-state index contributed by atoms with van der Waals surface area (Å²) in [6.07, 6.45) is 1.51. The highest BCUT2D eigenvalue weighted by atomic mass is 16.2. The Morgan fingerprint density at radius 2 is 1.68 bits per heavy atom. The molecule has 0 aliphatic rings. The zero-order valence-corrected chi connectivity index (χ0v) is 15.5. The molecule has 4 aromatic rings. The van der Waals surface area contributed by atoms with Crippen LogP contribution in [0, 0.1) is 6.92 Å². The van der Waals surface area contributed by atoms with Gasteiger partial charge in [-0.2, -0.15) is 5.10 Å². The molecule has 0 bridgehead atoms. The number of pyridine rings is 1. The molecule has 0 unspecified atom stereocenters. The van der Waals surface area contributed by atoms with Gasteiger partial charge in [0.05, 0.1) is 28.7 Å². The van der Waals surface area contributed by atoms with Gasteiger partial charge in [-0.3, -0.25) is 9.59 Å². The van der Waals surface area contributed by atoms with E-state index in [4.69, 9.17) is 0 Å². The monoisotopic (exact) mass is 370 g/mol. The van der Waals surface area contributed by atoms with E-state index in [0.29, 0.717) is 28.3 Å². The van der Waals surface area contributed by atoms with Gasteiger partial charge in [-0.05, 0) is 44.2 Å². The first-order valence-electron chi connectivity index (χ1n) is 8.86. The summed E-state index contributed by atoms with van der Waals surface area (Å²) < 4.78 is 1.64. The molecule has 138 valence electrons. The van der Waals surface area contributed by atoms with Gasteiger partial charge in [0, 0.05) is 10.9 Å². The van der Waals surface area contributed by atoms with Crippen molar-refractivity contribution in [3.05, 3.63) is 83.7 Å². The second kappa shape index (κ2) is 7.08. The molecule has 4 rings (SSSR count). The number of carbonyl (C=O) groups excluding carboxylic acids is 2. The number of anilines is 1. The lowest BCUT2D eigenvalue weighted by Gasteiger charge is -2.09. The van der Waals surface area contributed by atoms with Crippen LogP contribution >= 0.6 is 0 Å². The van der Waals surface area contributed by atoms with E-state index in [1.165, 1.54) is 13.1 Å².